The second-order valence-electron chi connectivity index (χ2n) is 2.97. The Kier molecular flexibility index (Phi) is 8.78. The molecule has 0 aromatic carbocycles. The summed E-state index contributed by atoms with van der Waals surface area (Å²) in [6, 6.07) is 0. The molecule has 0 unspecified atom stereocenters. The summed E-state index contributed by atoms with van der Waals surface area (Å²) in [5.41, 5.74) is 0. The average molecular weight is 214 g/mol. The van der Waals surface area contributed by atoms with Crippen molar-refractivity contribution in [3.8, 4) is 12.3 Å². The summed E-state index contributed by atoms with van der Waals surface area (Å²) < 4.78 is 4.89. The second-order valence-corrected chi connectivity index (χ2v) is 2.97. The average Bonchev–Trinajstić information content (AvgIpc) is 2.23. The molecule has 5 heteroatoms. The van der Waals surface area contributed by atoms with Gasteiger partial charge in [0.15, 0.2) is 0 Å². The van der Waals surface area contributed by atoms with Crippen LogP contribution < -0.4 is 5.32 Å². The molecular weight excluding hydrogens is 196 g/mol. The van der Waals surface area contributed by atoms with Crippen molar-refractivity contribution < 1.29 is 14.6 Å². The van der Waals surface area contributed by atoms with Gasteiger partial charge in [-0.1, -0.05) is 5.92 Å². The van der Waals surface area contributed by atoms with Gasteiger partial charge in [0.05, 0.1) is 26.3 Å². The van der Waals surface area contributed by atoms with Gasteiger partial charge in [-0.05, 0) is 0 Å². The fourth-order valence-corrected chi connectivity index (χ4v) is 1.04. The smallest absolute Gasteiger partial charge is 0.234 e. The number of hydrogen-bond donors (Lipinski definition) is 2. The maximum Gasteiger partial charge on any atom is 0.234 e. The van der Waals surface area contributed by atoms with Gasteiger partial charge in [-0.3, -0.25) is 9.69 Å². The molecule has 0 aromatic heterocycles. The molecule has 0 fully saturated rings. The Hall–Kier alpha value is -1.09. The Morgan fingerprint density at radius 2 is 2.33 bits per heavy atom. The van der Waals surface area contributed by atoms with Crippen LogP contribution in [0.5, 0.6) is 0 Å². The van der Waals surface area contributed by atoms with Gasteiger partial charge < -0.3 is 15.2 Å². The number of hydrogen-bond acceptors (Lipinski definition) is 4. The molecule has 0 aliphatic carbocycles. The van der Waals surface area contributed by atoms with E-state index in [0.717, 1.165) is 0 Å². The van der Waals surface area contributed by atoms with Gasteiger partial charge in [-0.25, -0.2) is 0 Å². The van der Waals surface area contributed by atoms with Gasteiger partial charge in [0.25, 0.3) is 0 Å². The first kappa shape index (κ1) is 13.9. The van der Waals surface area contributed by atoms with Crippen LogP contribution in [0.4, 0.5) is 0 Å². The lowest BCUT2D eigenvalue weighted by Gasteiger charge is -2.19. The molecule has 5 nitrogen and oxygen atoms in total. The van der Waals surface area contributed by atoms with E-state index in [1.54, 1.807) is 12.0 Å². The molecule has 0 saturated carbocycles. The number of terminal acetylenes is 1. The number of carbonyl (C=O) groups excluding carboxylic acids is 1. The zero-order chi connectivity index (χ0) is 11.5. The van der Waals surface area contributed by atoms with E-state index in [0.29, 0.717) is 19.7 Å². The highest BCUT2D eigenvalue weighted by Gasteiger charge is 2.08. The quantitative estimate of drug-likeness (QED) is 0.492. The summed E-state index contributed by atoms with van der Waals surface area (Å²) in [5, 5.41) is 11.3. The molecule has 0 heterocycles. The molecule has 0 aliphatic heterocycles. The zero-order valence-corrected chi connectivity index (χ0v) is 9.03. The molecule has 0 aromatic rings. The van der Waals surface area contributed by atoms with E-state index >= 15 is 0 Å². The van der Waals surface area contributed by atoms with Crippen LogP contribution in [0.25, 0.3) is 0 Å². The van der Waals surface area contributed by atoms with Crippen molar-refractivity contribution in [3.63, 3.8) is 0 Å². The normalized spacial score (nSPS) is 10.0. The van der Waals surface area contributed by atoms with Crippen molar-refractivity contribution >= 4 is 5.91 Å². The van der Waals surface area contributed by atoms with Crippen LogP contribution in [0.2, 0.25) is 0 Å². The van der Waals surface area contributed by atoms with Crippen molar-refractivity contribution in [2.45, 2.75) is 0 Å². The first-order valence-electron chi connectivity index (χ1n) is 4.77. The Bertz CT molecular complexity index is 213. The summed E-state index contributed by atoms with van der Waals surface area (Å²) >= 11 is 0. The van der Waals surface area contributed by atoms with Gasteiger partial charge in [0.1, 0.15) is 0 Å². The van der Waals surface area contributed by atoms with Crippen molar-refractivity contribution in [2.24, 2.45) is 0 Å². The molecule has 0 saturated heterocycles. The lowest BCUT2D eigenvalue weighted by Crippen LogP contribution is -2.40. The number of rotatable bonds is 8. The third-order valence-corrected chi connectivity index (χ3v) is 1.78. The predicted molar refractivity (Wildman–Crippen MR) is 57.2 cm³/mol. The summed E-state index contributed by atoms with van der Waals surface area (Å²) in [4.78, 5) is 13.1. The van der Waals surface area contributed by atoms with Crippen LogP contribution in [-0.2, 0) is 9.53 Å². The van der Waals surface area contributed by atoms with Gasteiger partial charge in [0.2, 0.25) is 5.91 Å². The highest BCUT2D eigenvalue weighted by molar-refractivity contribution is 5.78. The summed E-state index contributed by atoms with van der Waals surface area (Å²) in [6.45, 7) is 2.07. The molecule has 0 radical (unpaired) electrons. The molecule has 86 valence electrons. The first-order valence-corrected chi connectivity index (χ1v) is 4.77. The Morgan fingerprint density at radius 1 is 1.60 bits per heavy atom. The van der Waals surface area contributed by atoms with Gasteiger partial charge in [0, 0.05) is 20.2 Å². The fraction of sp³-hybridized carbons (Fsp3) is 0.700. The highest BCUT2D eigenvalue weighted by atomic mass is 16.5. The number of aliphatic hydroxyl groups is 1. The summed E-state index contributed by atoms with van der Waals surface area (Å²) in [7, 11) is 1.59. The van der Waals surface area contributed by atoms with Crippen LogP contribution in [0.3, 0.4) is 0 Å². The highest BCUT2D eigenvalue weighted by Crippen LogP contribution is 1.87. The van der Waals surface area contributed by atoms with Crippen molar-refractivity contribution in [1.82, 2.24) is 10.2 Å². The van der Waals surface area contributed by atoms with Crippen LogP contribution >= 0.6 is 0 Å². The maximum atomic E-state index is 11.3. The monoisotopic (exact) mass is 214 g/mol. The van der Waals surface area contributed by atoms with Gasteiger partial charge in [-0.2, -0.15) is 0 Å². The van der Waals surface area contributed by atoms with Crippen LogP contribution in [0.15, 0.2) is 0 Å². The molecule has 0 aliphatic rings. The van der Waals surface area contributed by atoms with Crippen molar-refractivity contribution in [3.05, 3.63) is 0 Å². The number of amides is 1. The minimum Gasteiger partial charge on any atom is -0.395 e. The Morgan fingerprint density at radius 3 is 2.87 bits per heavy atom. The van der Waals surface area contributed by atoms with Crippen molar-refractivity contribution in [1.29, 1.82) is 0 Å². The van der Waals surface area contributed by atoms with Crippen LogP contribution in [0, 0.1) is 12.3 Å². The Balaban J connectivity index is 3.82. The molecule has 0 rings (SSSR count). The van der Waals surface area contributed by atoms with Crippen LogP contribution in [-0.4, -0.2) is 62.4 Å². The largest absolute Gasteiger partial charge is 0.395 e. The molecule has 1 amide bonds. The number of aliphatic hydroxyl groups excluding tert-OH is 1. The standard InChI is InChI=1S/C10H18N2O3/c1-3-4-11-10(14)9-12(5-7-13)6-8-15-2/h1,13H,4-9H2,2H3,(H,11,14). The van der Waals surface area contributed by atoms with Crippen molar-refractivity contribution in [2.75, 3.05) is 46.5 Å². The lowest BCUT2D eigenvalue weighted by atomic mass is 10.4. The topological polar surface area (TPSA) is 61.8 Å². The zero-order valence-electron chi connectivity index (χ0n) is 9.03. The number of nitrogens with one attached hydrogen (secondary N) is 1. The maximum absolute atomic E-state index is 11.3. The number of methoxy groups -OCH3 is 1. The van der Waals surface area contributed by atoms with Crippen LogP contribution in [0.1, 0.15) is 0 Å². The minimum atomic E-state index is -0.141. The molecular formula is C10H18N2O3. The Labute approximate surface area is 90.4 Å². The summed E-state index contributed by atoms with van der Waals surface area (Å²) in [6.07, 6.45) is 5.01. The van der Waals surface area contributed by atoms with Gasteiger partial charge in [-0.15, -0.1) is 6.42 Å². The molecule has 15 heavy (non-hydrogen) atoms. The predicted octanol–water partition coefficient (Wildman–Crippen LogP) is -1.32. The minimum absolute atomic E-state index is 0.0200. The lowest BCUT2D eigenvalue weighted by molar-refractivity contribution is -0.122. The van der Waals surface area contributed by atoms with E-state index in [1.807, 2.05) is 0 Å². The van der Waals surface area contributed by atoms with E-state index in [1.165, 1.54) is 0 Å². The van der Waals surface area contributed by atoms with E-state index in [4.69, 9.17) is 16.3 Å². The SMILES string of the molecule is C#CCNC(=O)CN(CCO)CCOC. The fourth-order valence-electron chi connectivity index (χ4n) is 1.04. The number of ether oxygens (including phenoxy) is 1. The second kappa shape index (κ2) is 9.46. The number of carbonyl (C=O) groups is 1. The third kappa shape index (κ3) is 7.94. The third-order valence-electron chi connectivity index (χ3n) is 1.78. The molecule has 0 spiro atoms. The van der Waals surface area contributed by atoms with E-state index in [2.05, 4.69) is 11.2 Å². The molecule has 0 bridgehead atoms. The molecule has 2 N–H and O–H groups in total. The molecule has 0 atom stereocenters. The van der Waals surface area contributed by atoms with E-state index in [9.17, 15) is 4.79 Å². The van der Waals surface area contributed by atoms with Gasteiger partial charge >= 0.3 is 0 Å². The van der Waals surface area contributed by atoms with E-state index in [-0.39, 0.29) is 25.6 Å². The summed E-state index contributed by atoms with van der Waals surface area (Å²) in [5.74, 6) is 2.18. The first-order chi connectivity index (χ1) is 7.24. The van der Waals surface area contributed by atoms with E-state index < -0.39 is 0 Å². The number of nitrogens with zero attached hydrogens (tertiary/aromatic N) is 1.